The topological polar surface area (TPSA) is 17.1 Å². The first-order valence-electron chi connectivity index (χ1n) is 4.60. The van der Waals surface area contributed by atoms with Gasteiger partial charge in [-0.15, -0.1) is 0 Å². The molecular weight excluding hydrogens is 155 g/mol. The smallest absolute Gasteiger partial charge is 0.170 e. The summed E-state index contributed by atoms with van der Waals surface area (Å²) in [4.78, 5) is 11.4. The fraction of sp³-hybridized carbons (Fsp3) is 0.900. The number of ketones is 1. The Hall–Kier alpha value is -0.400. The Labute approximate surface area is 73.3 Å². The maximum Gasteiger partial charge on any atom is 0.170 e. The van der Waals surface area contributed by atoms with E-state index in [9.17, 15) is 9.18 Å². The molecule has 70 valence electrons. The van der Waals surface area contributed by atoms with Gasteiger partial charge in [-0.25, -0.2) is 4.39 Å². The summed E-state index contributed by atoms with van der Waals surface area (Å²) in [5.41, 5.74) is -0.0676. The molecule has 1 nitrogen and oxygen atoms in total. The van der Waals surface area contributed by atoms with Gasteiger partial charge >= 0.3 is 0 Å². The Morgan fingerprint density at radius 1 is 1.33 bits per heavy atom. The molecule has 0 spiro atoms. The van der Waals surface area contributed by atoms with E-state index in [1.807, 2.05) is 20.8 Å². The first kappa shape index (κ1) is 9.69. The number of hydrogen-bond donors (Lipinski definition) is 0. The minimum atomic E-state index is -1.19. The molecule has 0 bridgehead atoms. The third kappa shape index (κ3) is 1.85. The van der Waals surface area contributed by atoms with Crippen LogP contribution in [0.3, 0.4) is 0 Å². The van der Waals surface area contributed by atoms with Crippen molar-refractivity contribution in [2.24, 2.45) is 11.3 Å². The van der Waals surface area contributed by atoms with Gasteiger partial charge < -0.3 is 0 Å². The molecule has 1 rings (SSSR count). The van der Waals surface area contributed by atoms with Gasteiger partial charge in [0.05, 0.1) is 0 Å². The van der Waals surface area contributed by atoms with Crippen LogP contribution in [0.5, 0.6) is 0 Å². The summed E-state index contributed by atoms with van der Waals surface area (Å²) < 4.78 is 13.0. The lowest BCUT2D eigenvalue weighted by molar-refractivity contribution is -0.134. The van der Waals surface area contributed by atoms with E-state index in [4.69, 9.17) is 0 Å². The molecule has 1 aliphatic rings. The Morgan fingerprint density at radius 2 is 1.92 bits per heavy atom. The maximum atomic E-state index is 13.0. The van der Waals surface area contributed by atoms with Gasteiger partial charge in [0.1, 0.15) is 0 Å². The largest absolute Gasteiger partial charge is 0.296 e. The van der Waals surface area contributed by atoms with E-state index in [-0.39, 0.29) is 17.1 Å². The van der Waals surface area contributed by atoms with Gasteiger partial charge in [0.2, 0.25) is 0 Å². The third-order valence-corrected chi connectivity index (χ3v) is 2.65. The van der Waals surface area contributed by atoms with E-state index in [0.29, 0.717) is 6.42 Å². The van der Waals surface area contributed by atoms with Crippen molar-refractivity contribution in [1.82, 2.24) is 0 Å². The van der Waals surface area contributed by atoms with Gasteiger partial charge in [0.25, 0.3) is 0 Å². The van der Waals surface area contributed by atoms with Crippen molar-refractivity contribution >= 4 is 5.78 Å². The molecule has 2 heteroatoms. The lowest BCUT2D eigenvalue weighted by atomic mass is 9.71. The average molecular weight is 172 g/mol. The molecule has 1 fully saturated rings. The summed E-state index contributed by atoms with van der Waals surface area (Å²) in [5.74, 6) is -0.241. The predicted octanol–water partition coefficient (Wildman–Crippen LogP) is 2.74. The first-order chi connectivity index (χ1) is 5.43. The Kier molecular flexibility index (Phi) is 2.55. The molecule has 12 heavy (non-hydrogen) atoms. The number of alkyl halides is 1. The van der Waals surface area contributed by atoms with E-state index in [2.05, 4.69) is 0 Å². The summed E-state index contributed by atoms with van der Waals surface area (Å²) in [5, 5.41) is 0. The number of hydrogen-bond acceptors (Lipinski definition) is 1. The average Bonchev–Trinajstić information content (AvgIpc) is 1.92. The zero-order valence-corrected chi connectivity index (χ0v) is 8.06. The molecule has 2 atom stereocenters. The summed E-state index contributed by atoms with van der Waals surface area (Å²) in [6, 6.07) is 0. The summed E-state index contributed by atoms with van der Waals surface area (Å²) in [6.45, 7) is 6.02. The Morgan fingerprint density at radius 3 is 2.33 bits per heavy atom. The van der Waals surface area contributed by atoms with Crippen LogP contribution in [0.1, 0.15) is 40.0 Å². The van der Waals surface area contributed by atoms with E-state index in [1.165, 1.54) is 0 Å². The van der Waals surface area contributed by atoms with E-state index in [0.717, 1.165) is 12.8 Å². The SMILES string of the molecule is CC(C)(C)[C@@H]1CCC[C@@H](F)C1=O. The van der Waals surface area contributed by atoms with Crippen molar-refractivity contribution in [2.45, 2.75) is 46.2 Å². The molecule has 0 radical (unpaired) electrons. The van der Waals surface area contributed by atoms with Gasteiger partial charge in [-0.2, -0.15) is 0 Å². The van der Waals surface area contributed by atoms with Crippen molar-refractivity contribution < 1.29 is 9.18 Å². The normalized spacial score (nSPS) is 32.2. The quantitative estimate of drug-likeness (QED) is 0.549. The fourth-order valence-corrected chi connectivity index (χ4v) is 1.86. The molecule has 0 amide bonds. The third-order valence-electron chi connectivity index (χ3n) is 2.65. The van der Waals surface area contributed by atoms with Gasteiger partial charge in [-0.05, 0) is 24.7 Å². The Balaban J connectivity index is 2.71. The summed E-state index contributed by atoms with van der Waals surface area (Å²) in [7, 11) is 0. The highest BCUT2D eigenvalue weighted by molar-refractivity contribution is 5.86. The van der Waals surface area contributed by atoms with Crippen LogP contribution in [-0.2, 0) is 4.79 Å². The molecule has 0 heterocycles. The minimum Gasteiger partial charge on any atom is -0.296 e. The van der Waals surface area contributed by atoms with Crippen molar-refractivity contribution in [3.8, 4) is 0 Å². The second-order valence-corrected chi connectivity index (χ2v) is 4.72. The van der Waals surface area contributed by atoms with Crippen LogP contribution >= 0.6 is 0 Å². The van der Waals surface area contributed by atoms with Gasteiger partial charge in [0, 0.05) is 5.92 Å². The van der Waals surface area contributed by atoms with Crippen molar-refractivity contribution in [3.63, 3.8) is 0 Å². The van der Waals surface area contributed by atoms with Crippen molar-refractivity contribution in [1.29, 1.82) is 0 Å². The first-order valence-corrected chi connectivity index (χ1v) is 4.60. The molecule has 0 saturated heterocycles. The number of carbonyl (C=O) groups excluding carboxylic acids is 1. The van der Waals surface area contributed by atoms with Crippen molar-refractivity contribution in [2.75, 3.05) is 0 Å². The van der Waals surface area contributed by atoms with Gasteiger partial charge in [-0.3, -0.25) is 4.79 Å². The highest BCUT2D eigenvalue weighted by Crippen LogP contribution is 2.36. The molecule has 0 aliphatic heterocycles. The molecule has 0 unspecified atom stereocenters. The zero-order valence-electron chi connectivity index (χ0n) is 8.06. The van der Waals surface area contributed by atoms with Crippen molar-refractivity contribution in [3.05, 3.63) is 0 Å². The van der Waals surface area contributed by atoms with Crippen LogP contribution in [-0.4, -0.2) is 12.0 Å². The van der Waals surface area contributed by atoms with Crippen LogP contribution in [0.15, 0.2) is 0 Å². The molecule has 1 aliphatic carbocycles. The zero-order chi connectivity index (χ0) is 9.35. The molecule has 0 aromatic heterocycles. The van der Waals surface area contributed by atoms with Crippen LogP contribution in [0.2, 0.25) is 0 Å². The maximum absolute atomic E-state index is 13.0. The molecular formula is C10H17FO. The van der Waals surface area contributed by atoms with E-state index in [1.54, 1.807) is 0 Å². The van der Waals surface area contributed by atoms with E-state index >= 15 is 0 Å². The number of rotatable bonds is 0. The van der Waals surface area contributed by atoms with Crippen LogP contribution in [0.4, 0.5) is 4.39 Å². The van der Waals surface area contributed by atoms with E-state index < -0.39 is 6.17 Å². The monoisotopic (exact) mass is 172 g/mol. The predicted molar refractivity (Wildman–Crippen MR) is 46.7 cm³/mol. The Bertz CT molecular complexity index is 181. The summed E-state index contributed by atoms with van der Waals surface area (Å²) >= 11 is 0. The number of carbonyl (C=O) groups is 1. The second-order valence-electron chi connectivity index (χ2n) is 4.72. The number of halogens is 1. The molecule has 0 aromatic rings. The van der Waals surface area contributed by atoms with Gasteiger partial charge in [0.15, 0.2) is 12.0 Å². The standard InChI is InChI=1S/C10H17FO/c1-10(2,3)7-5-4-6-8(11)9(7)12/h7-8H,4-6H2,1-3H3/t7-,8-/m1/s1. The lowest BCUT2D eigenvalue weighted by Crippen LogP contribution is -2.37. The van der Waals surface area contributed by atoms with Crippen LogP contribution < -0.4 is 0 Å². The molecule has 1 saturated carbocycles. The van der Waals surface area contributed by atoms with Crippen LogP contribution in [0.25, 0.3) is 0 Å². The minimum absolute atomic E-state index is 0.0676. The number of Topliss-reactive ketones (excluding diaryl/α,β-unsaturated/α-hetero) is 1. The lowest BCUT2D eigenvalue weighted by Gasteiger charge is -2.33. The highest BCUT2D eigenvalue weighted by Gasteiger charge is 2.38. The molecule has 0 aromatic carbocycles. The van der Waals surface area contributed by atoms with Gasteiger partial charge in [-0.1, -0.05) is 20.8 Å². The second kappa shape index (κ2) is 3.15. The highest BCUT2D eigenvalue weighted by atomic mass is 19.1. The molecule has 0 N–H and O–H groups in total. The fourth-order valence-electron chi connectivity index (χ4n) is 1.86. The summed E-state index contributed by atoms with van der Waals surface area (Å²) in [6.07, 6.45) is 0.964. The van der Waals surface area contributed by atoms with Crippen LogP contribution in [0, 0.1) is 11.3 Å².